The summed E-state index contributed by atoms with van der Waals surface area (Å²) in [6.07, 6.45) is 0. The van der Waals surface area contributed by atoms with Gasteiger partial charge in [0.2, 0.25) is 0 Å². The summed E-state index contributed by atoms with van der Waals surface area (Å²) in [6, 6.07) is 15.0. The van der Waals surface area contributed by atoms with Gasteiger partial charge in [-0.15, -0.1) is 5.10 Å². The van der Waals surface area contributed by atoms with Gasteiger partial charge >= 0.3 is 0 Å². The van der Waals surface area contributed by atoms with Crippen LogP contribution in [0.3, 0.4) is 0 Å². The van der Waals surface area contributed by atoms with Gasteiger partial charge < -0.3 is 5.73 Å². The summed E-state index contributed by atoms with van der Waals surface area (Å²) < 4.78 is 1.64. The monoisotopic (exact) mass is 293 g/mol. The Morgan fingerprint density at radius 3 is 2.36 bits per heavy atom. The summed E-state index contributed by atoms with van der Waals surface area (Å²) in [5.74, 6) is 0.667. The van der Waals surface area contributed by atoms with Crippen molar-refractivity contribution in [3.05, 3.63) is 59.7 Å². The Hall–Kier alpha value is -2.86. The average molecular weight is 293 g/mol. The van der Waals surface area contributed by atoms with Crippen LogP contribution in [0, 0.1) is 0 Å². The lowest BCUT2D eigenvalue weighted by atomic mass is 10.1. The number of hydrogen-bond acceptors (Lipinski definition) is 5. The standard InChI is InChI=1S/C16H15N5O/c1-11(22)13-6-8-15(9-7-13)21-16(18-19-20-21)14-4-2-12(10-17)3-5-14/h2-9H,10,17H2,1H3. The number of nitrogens with zero attached hydrogens (tertiary/aromatic N) is 4. The molecule has 0 fully saturated rings. The van der Waals surface area contributed by atoms with E-state index in [4.69, 9.17) is 5.73 Å². The van der Waals surface area contributed by atoms with Crippen LogP contribution in [0.15, 0.2) is 48.5 Å². The van der Waals surface area contributed by atoms with Crippen molar-refractivity contribution < 1.29 is 4.79 Å². The predicted molar refractivity (Wildman–Crippen MR) is 82.5 cm³/mol. The lowest BCUT2D eigenvalue weighted by Gasteiger charge is -2.06. The van der Waals surface area contributed by atoms with Gasteiger partial charge in [0.25, 0.3) is 0 Å². The maximum atomic E-state index is 11.3. The molecule has 0 amide bonds. The number of benzene rings is 2. The number of nitrogens with two attached hydrogens (primary N) is 1. The third-order valence-corrected chi connectivity index (χ3v) is 3.44. The minimum absolute atomic E-state index is 0.0286. The molecule has 2 N–H and O–H groups in total. The van der Waals surface area contributed by atoms with E-state index in [9.17, 15) is 4.79 Å². The maximum absolute atomic E-state index is 11.3. The molecule has 22 heavy (non-hydrogen) atoms. The van der Waals surface area contributed by atoms with E-state index in [1.807, 2.05) is 36.4 Å². The molecule has 3 rings (SSSR count). The molecule has 0 aliphatic carbocycles. The molecule has 6 heteroatoms. The smallest absolute Gasteiger partial charge is 0.187 e. The van der Waals surface area contributed by atoms with Crippen molar-refractivity contribution in [3.63, 3.8) is 0 Å². The quantitative estimate of drug-likeness (QED) is 0.743. The molecular weight excluding hydrogens is 278 g/mol. The van der Waals surface area contributed by atoms with E-state index in [-0.39, 0.29) is 5.78 Å². The Balaban J connectivity index is 1.99. The van der Waals surface area contributed by atoms with Gasteiger partial charge in [-0.1, -0.05) is 24.3 Å². The van der Waals surface area contributed by atoms with E-state index in [1.54, 1.807) is 16.8 Å². The maximum Gasteiger partial charge on any atom is 0.187 e. The first kappa shape index (κ1) is 14.1. The summed E-state index contributed by atoms with van der Waals surface area (Å²) in [4.78, 5) is 11.3. The highest BCUT2D eigenvalue weighted by molar-refractivity contribution is 5.94. The Kier molecular flexibility index (Phi) is 3.76. The van der Waals surface area contributed by atoms with Crippen LogP contribution in [0.4, 0.5) is 0 Å². The second-order valence-electron chi connectivity index (χ2n) is 4.92. The molecule has 0 atom stereocenters. The van der Waals surface area contributed by atoms with E-state index in [0.29, 0.717) is 17.9 Å². The summed E-state index contributed by atoms with van der Waals surface area (Å²) in [5.41, 5.74) is 9.01. The van der Waals surface area contributed by atoms with Crippen LogP contribution in [-0.4, -0.2) is 26.0 Å². The number of aromatic nitrogens is 4. The molecule has 0 bridgehead atoms. The van der Waals surface area contributed by atoms with Crippen LogP contribution in [0.5, 0.6) is 0 Å². The largest absolute Gasteiger partial charge is 0.326 e. The number of hydrogen-bond donors (Lipinski definition) is 1. The zero-order valence-electron chi connectivity index (χ0n) is 12.1. The van der Waals surface area contributed by atoms with Crippen LogP contribution < -0.4 is 5.73 Å². The fourth-order valence-electron chi connectivity index (χ4n) is 2.17. The highest BCUT2D eigenvalue weighted by atomic mass is 16.1. The van der Waals surface area contributed by atoms with Crippen LogP contribution in [0.1, 0.15) is 22.8 Å². The van der Waals surface area contributed by atoms with E-state index in [0.717, 1.165) is 16.8 Å². The van der Waals surface area contributed by atoms with Gasteiger partial charge in [-0.2, -0.15) is 4.68 Å². The first-order chi connectivity index (χ1) is 10.7. The van der Waals surface area contributed by atoms with Crippen molar-refractivity contribution in [1.82, 2.24) is 20.2 Å². The third-order valence-electron chi connectivity index (χ3n) is 3.44. The van der Waals surface area contributed by atoms with Crippen molar-refractivity contribution in [2.45, 2.75) is 13.5 Å². The molecule has 3 aromatic rings. The van der Waals surface area contributed by atoms with E-state index >= 15 is 0 Å². The minimum Gasteiger partial charge on any atom is -0.326 e. The molecule has 1 aromatic heterocycles. The van der Waals surface area contributed by atoms with Gasteiger partial charge in [0.15, 0.2) is 11.6 Å². The number of tetrazole rings is 1. The summed E-state index contributed by atoms with van der Waals surface area (Å²) >= 11 is 0. The molecule has 0 aliphatic rings. The Morgan fingerprint density at radius 2 is 1.77 bits per heavy atom. The van der Waals surface area contributed by atoms with Gasteiger partial charge in [-0.25, -0.2) is 0 Å². The molecule has 0 unspecified atom stereocenters. The number of carbonyl (C=O) groups excluding carboxylic acids is 1. The molecule has 110 valence electrons. The molecule has 2 aromatic carbocycles. The van der Waals surface area contributed by atoms with Gasteiger partial charge in [-0.3, -0.25) is 4.79 Å². The third kappa shape index (κ3) is 2.64. The molecule has 0 aliphatic heterocycles. The SMILES string of the molecule is CC(=O)c1ccc(-n2nnnc2-c2ccc(CN)cc2)cc1. The number of Topliss-reactive ketones (excluding diaryl/α,β-unsaturated/α-hetero) is 1. The number of rotatable bonds is 4. The fraction of sp³-hybridized carbons (Fsp3) is 0.125. The molecule has 0 saturated carbocycles. The van der Waals surface area contributed by atoms with Gasteiger partial charge in [0.05, 0.1) is 5.69 Å². The zero-order valence-corrected chi connectivity index (χ0v) is 12.1. The zero-order chi connectivity index (χ0) is 15.5. The number of ketones is 1. The van der Waals surface area contributed by atoms with E-state index < -0.39 is 0 Å². The molecule has 0 saturated heterocycles. The van der Waals surface area contributed by atoms with Crippen molar-refractivity contribution in [1.29, 1.82) is 0 Å². The summed E-state index contributed by atoms with van der Waals surface area (Å²) in [7, 11) is 0. The van der Waals surface area contributed by atoms with Crippen molar-refractivity contribution in [2.24, 2.45) is 5.73 Å². The normalized spacial score (nSPS) is 10.6. The van der Waals surface area contributed by atoms with Gasteiger partial charge in [-0.05, 0) is 47.2 Å². The molecule has 0 radical (unpaired) electrons. The van der Waals surface area contributed by atoms with Crippen molar-refractivity contribution >= 4 is 5.78 Å². The lowest BCUT2D eigenvalue weighted by molar-refractivity contribution is 0.101. The summed E-state index contributed by atoms with van der Waals surface area (Å²) in [6.45, 7) is 2.04. The highest BCUT2D eigenvalue weighted by Gasteiger charge is 2.11. The van der Waals surface area contributed by atoms with Crippen LogP contribution >= 0.6 is 0 Å². The minimum atomic E-state index is 0.0286. The Labute approximate surface area is 127 Å². The van der Waals surface area contributed by atoms with Gasteiger partial charge in [0, 0.05) is 17.7 Å². The molecule has 1 heterocycles. The molecular formula is C16H15N5O. The second-order valence-corrected chi connectivity index (χ2v) is 4.92. The van der Waals surface area contributed by atoms with E-state index in [2.05, 4.69) is 15.5 Å². The fourth-order valence-corrected chi connectivity index (χ4v) is 2.17. The van der Waals surface area contributed by atoms with Crippen LogP contribution in [-0.2, 0) is 6.54 Å². The topological polar surface area (TPSA) is 86.7 Å². The molecule has 0 spiro atoms. The predicted octanol–water partition coefficient (Wildman–Crippen LogP) is 1.99. The van der Waals surface area contributed by atoms with Crippen LogP contribution in [0.2, 0.25) is 0 Å². The lowest BCUT2D eigenvalue weighted by Crippen LogP contribution is -2.01. The van der Waals surface area contributed by atoms with Crippen LogP contribution in [0.25, 0.3) is 17.1 Å². The number of carbonyl (C=O) groups is 1. The highest BCUT2D eigenvalue weighted by Crippen LogP contribution is 2.20. The van der Waals surface area contributed by atoms with Crippen molar-refractivity contribution in [3.8, 4) is 17.1 Å². The Bertz CT molecular complexity index is 790. The first-order valence-electron chi connectivity index (χ1n) is 6.88. The first-order valence-corrected chi connectivity index (χ1v) is 6.88. The van der Waals surface area contributed by atoms with Gasteiger partial charge in [0.1, 0.15) is 0 Å². The average Bonchev–Trinajstić information content (AvgIpc) is 3.04. The van der Waals surface area contributed by atoms with Crippen molar-refractivity contribution in [2.75, 3.05) is 0 Å². The molecule has 6 nitrogen and oxygen atoms in total. The second kappa shape index (κ2) is 5.87. The summed E-state index contributed by atoms with van der Waals surface area (Å²) in [5, 5.41) is 11.9. The Morgan fingerprint density at radius 1 is 1.09 bits per heavy atom. The van der Waals surface area contributed by atoms with E-state index in [1.165, 1.54) is 6.92 Å².